The third-order valence-corrected chi connectivity index (χ3v) is 10.8. The summed E-state index contributed by atoms with van der Waals surface area (Å²) in [5.41, 5.74) is 14.7. The average Bonchev–Trinajstić information content (AvgIpc) is 3.16. The third-order valence-electron chi connectivity index (χ3n) is 9.87. The topological polar surface area (TPSA) is 158 Å². The summed E-state index contributed by atoms with van der Waals surface area (Å²) in [7, 11) is 0. The Morgan fingerprint density at radius 3 is 1.98 bits per heavy atom. The minimum absolute atomic E-state index is 0.0335. The first-order chi connectivity index (χ1) is 25.8. The summed E-state index contributed by atoms with van der Waals surface area (Å²) in [5, 5.41) is 14.4. The second kappa shape index (κ2) is 29.0. The van der Waals surface area contributed by atoms with E-state index in [-0.39, 0.29) is 17.8 Å². The van der Waals surface area contributed by atoms with Crippen LogP contribution in [0.25, 0.3) is 0 Å². The molecule has 8 N–H and O–H groups in total. The molecule has 53 heavy (non-hydrogen) atoms. The first-order valence-corrected chi connectivity index (χ1v) is 21.5. The lowest BCUT2D eigenvalue weighted by atomic mass is 9.92. The number of carbonyl (C=O) groups is 2. The van der Waals surface area contributed by atoms with E-state index in [0.717, 1.165) is 48.8 Å². The number of nitrogens with zero attached hydrogens (tertiary/aromatic N) is 1. The summed E-state index contributed by atoms with van der Waals surface area (Å²) < 4.78 is 3.36. The molecule has 296 valence electrons. The highest BCUT2D eigenvalue weighted by molar-refractivity contribution is 7.96. The third kappa shape index (κ3) is 21.2. The van der Waals surface area contributed by atoms with E-state index >= 15 is 0 Å². The molecule has 2 rings (SSSR count). The molecule has 0 aliphatic heterocycles. The predicted octanol–water partition coefficient (Wildman–Crippen LogP) is 8.93. The van der Waals surface area contributed by atoms with Crippen LogP contribution in [0.15, 0.2) is 59.6 Å². The fourth-order valence-electron chi connectivity index (χ4n) is 6.52. The number of nitrogens with one attached hydrogen (secondary N) is 4. The molecule has 2 aromatic carbocycles. The van der Waals surface area contributed by atoms with Crippen molar-refractivity contribution in [3.8, 4) is 0 Å². The van der Waals surface area contributed by atoms with Crippen LogP contribution in [-0.4, -0.2) is 42.1 Å². The Hall–Kier alpha value is -3.37. The van der Waals surface area contributed by atoms with Crippen molar-refractivity contribution in [2.45, 2.75) is 161 Å². The molecule has 0 radical (unpaired) electrons. The maximum absolute atomic E-state index is 13.8. The van der Waals surface area contributed by atoms with E-state index in [2.05, 4.69) is 53.3 Å². The van der Waals surface area contributed by atoms with Crippen LogP contribution in [-0.2, 0) is 21.9 Å². The lowest BCUT2D eigenvalue weighted by molar-refractivity contribution is -0.130. The lowest BCUT2D eigenvalue weighted by Crippen LogP contribution is -2.51. The molecule has 2 amide bonds. The van der Waals surface area contributed by atoms with Gasteiger partial charge in [0.2, 0.25) is 11.8 Å². The molecule has 3 unspecified atom stereocenters. The lowest BCUT2D eigenvalue weighted by Gasteiger charge is -2.23. The quantitative estimate of drug-likeness (QED) is 0.0196. The van der Waals surface area contributed by atoms with Crippen LogP contribution < -0.4 is 26.8 Å². The number of carbonyl (C=O) groups excluding carboxylic acids is 2. The number of hydrogen-bond acceptors (Lipinski definition) is 6. The average molecular weight is 750 g/mol. The van der Waals surface area contributed by atoms with E-state index in [9.17, 15) is 9.59 Å². The molecular formula is C43H71N7O2S. The van der Waals surface area contributed by atoms with Gasteiger partial charge in [-0.25, -0.2) is 0 Å². The molecule has 0 aliphatic rings. The van der Waals surface area contributed by atoms with Crippen LogP contribution in [0.4, 0.5) is 0 Å². The van der Waals surface area contributed by atoms with Gasteiger partial charge >= 0.3 is 0 Å². The molecule has 0 aliphatic carbocycles. The summed E-state index contributed by atoms with van der Waals surface area (Å²) >= 11 is 1.49. The fourth-order valence-corrected chi connectivity index (χ4v) is 7.39. The predicted molar refractivity (Wildman–Crippen MR) is 226 cm³/mol. The summed E-state index contributed by atoms with van der Waals surface area (Å²) in [5.74, 6) is 1.07. The van der Waals surface area contributed by atoms with Crippen molar-refractivity contribution in [3.05, 3.63) is 71.3 Å². The maximum Gasteiger partial charge on any atom is 0.242 e. The Morgan fingerprint density at radius 2 is 1.34 bits per heavy atom. The number of aliphatic imine (C=N–C) groups is 1. The summed E-state index contributed by atoms with van der Waals surface area (Å²) in [4.78, 5) is 31.6. The zero-order chi connectivity index (χ0) is 38.5. The monoisotopic (exact) mass is 750 g/mol. The van der Waals surface area contributed by atoms with E-state index < -0.39 is 12.1 Å². The van der Waals surface area contributed by atoms with Gasteiger partial charge in [0.05, 0.1) is 6.04 Å². The van der Waals surface area contributed by atoms with Gasteiger partial charge in [-0.3, -0.25) is 19.3 Å². The van der Waals surface area contributed by atoms with Crippen LogP contribution in [0.5, 0.6) is 0 Å². The smallest absolute Gasteiger partial charge is 0.242 e. The molecule has 0 spiro atoms. The molecule has 0 fully saturated rings. The van der Waals surface area contributed by atoms with Crippen molar-refractivity contribution in [1.29, 1.82) is 5.41 Å². The second-order valence-corrected chi connectivity index (χ2v) is 15.2. The number of benzene rings is 2. The molecule has 0 heterocycles. The SMILES string of the molecule is CCCCCCCCCCC(CC)CCCCC(NC(=O)C(CCCN=C(N)N)NSCc1ccccc1)C(=O)NCc1ccc(C(=N)CCC)cc1. The molecular weight excluding hydrogens is 679 g/mol. The van der Waals surface area contributed by atoms with Gasteiger partial charge in [-0.05, 0) is 48.3 Å². The number of unbranched alkanes of at least 4 members (excludes halogenated alkanes) is 8. The number of hydrogen-bond donors (Lipinski definition) is 6. The van der Waals surface area contributed by atoms with Crippen LogP contribution in [0.1, 0.15) is 153 Å². The van der Waals surface area contributed by atoms with Crippen molar-refractivity contribution in [1.82, 2.24) is 15.4 Å². The number of nitrogens with two attached hydrogens (primary N) is 2. The first kappa shape index (κ1) is 45.8. The van der Waals surface area contributed by atoms with Crippen LogP contribution in [0.3, 0.4) is 0 Å². The van der Waals surface area contributed by atoms with Crippen LogP contribution in [0.2, 0.25) is 0 Å². The van der Waals surface area contributed by atoms with E-state index in [1.165, 1.54) is 76.2 Å². The largest absolute Gasteiger partial charge is 0.370 e. The molecule has 0 aromatic heterocycles. The van der Waals surface area contributed by atoms with E-state index in [1.54, 1.807) is 0 Å². The number of rotatable bonds is 31. The van der Waals surface area contributed by atoms with Crippen LogP contribution in [0, 0.1) is 11.3 Å². The van der Waals surface area contributed by atoms with Gasteiger partial charge in [-0.2, -0.15) is 0 Å². The first-order valence-electron chi connectivity index (χ1n) is 20.5. The zero-order valence-corrected chi connectivity index (χ0v) is 33.9. The van der Waals surface area contributed by atoms with Gasteiger partial charge in [0.25, 0.3) is 0 Å². The Balaban J connectivity index is 2.02. The standard InChI is InChI=1S/C43H71N7O2S/c1-4-7-8-9-10-11-12-14-21-34(6-3)22-17-18-25-39(41(51)48-32-35-27-29-37(30-28-35)38(44)20-5-2)49-42(52)40(26-19-31-47-43(45)46)50-53-33-36-23-15-13-16-24-36/h13,15-16,23-24,27-30,34,39-40,44,50H,4-12,14,17-22,25-26,31-33H2,1-3H3,(H,48,51)(H,49,52)(H4,45,46,47). The van der Waals surface area contributed by atoms with E-state index in [0.29, 0.717) is 49.7 Å². The Morgan fingerprint density at radius 1 is 0.717 bits per heavy atom. The Bertz CT molecular complexity index is 1300. The molecule has 10 heteroatoms. The number of guanidine groups is 1. The highest BCUT2D eigenvalue weighted by atomic mass is 32.2. The Labute approximate surface area is 325 Å². The minimum Gasteiger partial charge on any atom is -0.370 e. The van der Waals surface area contributed by atoms with Crippen molar-refractivity contribution in [3.63, 3.8) is 0 Å². The van der Waals surface area contributed by atoms with Gasteiger partial charge < -0.3 is 27.5 Å². The Kier molecular flexibility index (Phi) is 25.1. The van der Waals surface area contributed by atoms with Crippen molar-refractivity contribution in [2.24, 2.45) is 22.4 Å². The normalized spacial score (nSPS) is 12.8. The summed E-state index contributed by atoms with van der Waals surface area (Å²) in [6.07, 6.45) is 19.6. The van der Waals surface area contributed by atoms with Gasteiger partial charge in [-0.1, -0.05) is 177 Å². The highest BCUT2D eigenvalue weighted by Gasteiger charge is 2.25. The van der Waals surface area contributed by atoms with Crippen LogP contribution >= 0.6 is 11.9 Å². The molecule has 9 nitrogen and oxygen atoms in total. The van der Waals surface area contributed by atoms with Crippen molar-refractivity contribution in [2.75, 3.05) is 6.54 Å². The second-order valence-electron chi connectivity index (χ2n) is 14.4. The van der Waals surface area contributed by atoms with Gasteiger partial charge in [-0.15, -0.1) is 0 Å². The molecule has 0 saturated carbocycles. The van der Waals surface area contributed by atoms with E-state index in [1.807, 2.05) is 42.5 Å². The molecule has 0 bridgehead atoms. The fraction of sp³-hybridized carbons (Fsp3) is 0.628. The summed E-state index contributed by atoms with van der Waals surface area (Å²) in [6, 6.07) is 16.8. The molecule has 3 atom stereocenters. The van der Waals surface area contributed by atoms with Crippen molar-refractivity contribution >= 4 is 35.4 Å². The van der Waals surface area contributed by atoms with Gasteiger partial charge in [0, 0.05) is 24.6 Å². The molecule has 0 saturated heterocycles. The van der Waals surface area contributed by atoms with Gasteiger partial charge in [0.15, 0.2) is 5.96 Å². The van der Waals surface area contributed by atoms with Gasteiger partial charge in [0.1, 0.15) is 6.04 Å². The van der Waals surface area contributed by atoms with Crippen molar-refractivity contribution < 1.29 is 9.59 Å². The minimum atomic E-state index is -0.645. The molecule has 2 aromatic rings. The maximum atomic E-state index is 13.8. The zero-order valence-electron chi connectivity index (χ0n) is 33.1. The highest BCUT2D eigenvalue weighted by Crippen LogP contribution is 2.22. The summed E-state index contributed by atoms with van der Waals surface area (Å²) in [6.45, 7) is 7.41. The van der Waals surface area contributed by atoms with E-state index in [4.69, 9.17) is 16.9 Å². The number of amides is 2.